The number of nitro benzene ring substituents is 1. The summed E-state index contributed by atoms with van der Waals surface area (Å²) in [4.78, 5) is 47.7. The molecule has 0 atom stereocenters. The van der Waals surface area contributed by atoms with E-state index in [1.807, 2.05) is 0 Å². The molecule has 1 fully saturated rings. The van der Waals surface area contributed by atoms with Gasteiger partial charge in [0.2, 0.25) is 0 Å². The fraction of sp³-hybridized carbons (Fsp3) is 0.312. The second kappa shape index (κ2) is 9.53. The van der Waals surface area contributed by atoms with Gasteiger partial charge in [0.05, 0.1) is 27.9 Å². The number of nitrogens with zero attached hydrogens (tertiary/aromatic N) is 2. The van der Waals surface area contributed by atoms with Crippen LogP contribution in [0.5, 0.6) is 0 Å². The molecule has 1 aromatic rings. The molecule has 0 unspecified atom stereocenters. The summed E-state index contributed by atoms with van der Waals surface area (Å²) in [5.41, 5.74) is 0.213. The molecule has 1 aliphatic rings. The van der Waals surface area contributed by atoms with Crippen molar-refractivity contribution >= 4 is 52.4 Å². The van der Waals surface area contributed by atoms with Gasteiger partial charge in [-0.15, -0.1) is 11.8 Å². The number of hydrogen-bond acceptors (Lipinski definition) is 9. The molecule has 9 nitrogen and oxygen atoms in total. The zero-order chi connectivity index (χ0) is 20.0. The molecule has 11 heteroatoms. The van der Waals surface area contributed by atoms with Crippen LogP contribution in [0.3, 0.4) is 0 Å². The van der Waals surface area contributed by atoms with Crippen LogP contribution in [0.2, 0.25) is 0 Å². The first-order valence-electron chi connectivity index (χ1n) is 7.80. The van der Waals surface area contributed by atoms with E-state index in [2.05, 4.69) is 0 Å². The fourth-order valence-corrected chi connectivity index (χ4v) is 3.76. The highest BCUT2D eigenvalue weighted by molar-refractivity contribution is 8.18. The lowest BCUT2D eigenvalue weighted by Crippen LogP contribution is -2.34. The van der Waals surface area contributed by atoms with Gasteiger partial charge in [-0.25, -0.2) is 0 Å². The smallest absolute Gasteiger partial charge is 0.326 e. The number of aliphatic hydroxyl groups excluding tert-OH is 1. The van der Waals surface area contributed by atoms with Crippen molar-refractivity contribution < 1.29 is 29.2 Å². The first-order valence-corrected chi connectivity index (χ1v) is 9.60. The molecule has 0 aromatic heterocycles. The van der Waals surface area contributed by atoms with Crippen LogP contribution in [0.15, 0.2) is 28.0 Å². The van der Waals surface area contributed by atoms with Crippen LogP contribution in [0.25, 0.3) is 6.08 Å². The Balaban J connectivity index is 2.24. The molecule has 2 amide bonds. The number of imide groups is 1. The number of rotatable bonds is 8. The van der Waals surface area contributed by atoms with E-state index in [0.717, 1.165) is 16.7 Å². The Morgan fingerprint density at radius 3 is 2.81 bits per heavy atom. The van der Waals surface area contributed by atoms with Gasteiger partial charge in [0.25, 0.3) is 16.8 Å². The van der Waals surface area contributed by atoms with Crippen molar-refractivity contribution in [2.75, 3.05) is 25.5 Å². The minimum absolute atomic E-state index is 0.0642. The average molecular weight is 412 g/mol. The number of hydrogen-bond donors (Lipinski definition) is 1. The third-order valence-electron chi connectivity index (χ3n) is 3.29. The van der Waals surface area contributed by atoms with Crippen LogP contribution >= 0.6 is 23.5 Å². The van der Waals surface area contributed by atoms with Crippen LogP contribution < -0.4 is 0 Å². The molecular weight excluding hydrogens is 396 g/mol. The van der Waals surface area contributed by atoms with Crippen molar-refractivity contribution in [1.29, 1.82) is 0 Å². The van der Waals surface area contributed by atoms with Gasteiger partial charge in [-0.3, -0.25) is 29.4 Å². The predicted octanol–water partition coefficient (Wildman–Crippen LogP) is 2.28. The van der Waals surface area contributed by atoms with Crippen molar-refractivity contribution in [1.82, 2.24) is 4.90 Å². The topological polar surface area (TPSA) is 127 Å². The third kappa shape index (κ3) is 5.31. The van der Waals surface area contributed by atoms with Crippen molar-refractivity contribution in [3.63, 3.8) is 0 Å². The minimum Gasteiger partial charge on any atom is -0.465 e. The number of esters is 1. The zero-order valence-electron chi connectivity index (χ0n) is 14.2. The van der Waals surface area contributed by atoms with Crippen LogP contribution in [0.4, 0.5) is 10.5 Å². The molecule has 0 bridgehead atoms. The van der Waals surface area contributed by atoms with E-state index in [-0.39, 0.29) is 23.8 Å². The van der Waals surface area contributed by atoms with Crippen molar-refractivity contribution in [3.05, 3.63) is 38.8 Å². The molecular formula is C16H16N2O7S2. The third-order valence-corrected chi connectivity index (χ3v) is 5.24. The summed E-state index contributed by atoms with van der Waals surface area (Å²) in [5.74, 6) is -1.03. The molecule has 144 valence electrons. The van der Waals surface area contributed by atoms with Gasteiger partial charge in [-0.2, -0.15) is 0 Å². The highest BCUT2D eigenvalue weighted by Gasteiger charge is 2.36. The maximum atomic E-state index is 12.3. The van der Waals surface area contributed by atoms with Crippen LogP contribution in [-0.2, 0) is 14.3 Å². The summed E-state index contributed by atoms with van der Waals surface area (Å²) < 4.78 is 4.73. The standard InChI is InChI=1S/C16H16N2O7S2/c1-2-25-14(20)9-17-15(21)13(27-16(17)22)8-10-3-4-12(26-6-5-19)11(7-10)18(23)24/h3-4,7-8,19H,2,5-6,9H2,1H3. The number of ether oxygens (including phenoxy) is 1. The van der Waals surface area contributed by atoms with Gasteiger partial charge < -0.3 is 9.84 Å². The van der Waals surface area contributed by atoms with E-state index in [4.69, 9.17) is 9.84 Å². The molecule has 1 N–H and O–H groups in total. The minimum atomic E-state index is -0.693. The molecule has 0 radical (unpaired) electrons. The second-order valence-electron chi connectivity index (χ2n) is 5.13. The maximum Gasteiger partial charge on any atom is 0.326 e. The summed E-state index contributed by atoms with van der Waals surface area (Å²) in [5, 5.41) is 19.5. The summed E-state index contributed by atoms with van der Waals surface area (Å²) in [6, 6.07) is 4.39. The quantitative estimate of drug-likeness (QED) is 0.225. The summed E-state index contributed by atoms with van der Waals surface area (Å²) in [7, 11) is 0. The van der Waals surface area contributed by atoms with Crippen molar-refractivity contribution in [2.24, 2.45) is 0 Å². The number of thioether (sulfide) groups is 2. The molecule has 1 aromatic carbocycles. The van der Waals surface area contributed by atoms with Crippen molar-refractivity contribution in [3.8, 4) is 0 Å². The first-order chi connectivity index (χ1) is 12.9. The number of nitro groups is 1. The van der Waals surface area contributed by atoms with E-state index in [1.165, 1.54) is 18.2 Å². The van der Waals surface area contributed by atoms with Gasteiger partial charge >= 0.3 is 5.97 Å². The summed E-state index contributed by atoms with van der Waals surface area (Å²) in [6.45, 7) is 1.15. The summed E-state index contributed by atoms with van der Waals surface area (Å²) in [6.07, 6.45) is 1.36. The SMILES string of the molecule is CCOC(=O)CN1C(=O)SC(=Cc2ccc(SCCO)c([N+](=O)[O-])c2)C1=O. The Morgan fingerprint density at radius 1 is 1.44 bits per heavy atom. The highest BCUT2D eigenvalue weighted by Crippen LogP contribution is 2.34. The molecule has 0 spiro atoms. The van der Waals surface area contributed by atoms with E-state index >= 15 is 0 Å². The lowest BCUT2D eigenvalue weighted by atomic mass is 10.2. The predicted molar refractivity (Wildman–Crippen MR) is 100 cm³/mol. The first kappa shape index (κ1) is 20.9. The van der Waals surface area contributed by atoms with E-state index in [9.17, 15) is 24.5 Å². The molecule has 0 saturated carbocycles. The summed E-state index contributed by atoms with van der Waals surface area (Å²) >= 11 is 1.79. The number of amides is 2. The lowest BCUT2D eigenvalue weighted by molar-refractivity contribution is -0.387. The molecule has 1 saturated heterocycles. The van der Waals surface area contributed by atoms with Gasteiger partial charge in [0.15, 0.2) is 0 Å². The molecule has 1 heterocycles. The molecule has 27 heavy (non-hydrogen) atoms. The maximum absolute atomic E-state index is 12.3. The van der Waals surface area contributed by atoms with Crippen molar-refractivity contribution in [2.45, 2.75) is 11.8 Å². The molecule has 0 aliphatic carbocycles. The van der Waals surface area contributed by atoms with Crippen LogP contribution in [0, 0.1) is 10.1 Å². The Kier molecular flexibility index (Phi) is 7.39. The number of benzene rings is 1. The monoisotopic (exact) mass is 412 g/mol. The molecule has 1 aliphatic heterocycles. The fourth-order valence-electron chi connectivity index (χ4n) is 2.17. The Hall–Kier alpha value is -2.37. The Bertz CT molecular complexity index is 810. The van der Waals surface area contributed by atoms with Gasteiger partial charge in [-0.1, -0.05) is 6.07 Å². The molecule has 2 rings (SSSR count). The lowest BCUT2D eigenvalue weighted by Gasteiger charge is -2.10. The number of carbonyl (C=O) groups is 3. The average Bonchev–Trinajstić information content (AvgIpc) is 2.88. The van der Waals surface area contributed by atoms with Crippen LogP contribution in [0.1, 0.15) is 12.5 Å². The Morgan fingerprint density at radius 2 is 2.19 bits per heavy atom. The number of aliphatic hydroxyl groups is 1. The van der Waals surface area contributed by atoms with Gasteiger partial charge in [0, 0.05) is 11.8 Å². The second-order valence-corrected chi connectivity index (χ2v) is 7.26. The van der Waals surface area contributed by atoms with E-state index < -0.39 is 28.6 Å². The normalized spacial score (nSPS) is 15.5. The Labute approximate surface area is 162 Å². The van der Waals surface area contributed by atoms with E-state index in [0.29, 0.717) is 28.0 Å². The van der Waals surface area contributed by atoms with Gasteiger partial charge in [-0.05, 0) is 36.4 Å². The van der Waals surface area contributed by atoms with E-state index in [1.54, 1.807) is 13.0 Å². The largest absolute Gasteiger partial charge is 0.465 e. The number of carbonyl (C=O) groups excluding carboxylic acids is 3. The van der Waals surface area contributed by atoms with Crippen LogP contribution in [-0.4, -0.2) is 57.6 Å². The highest BCUT2D eigenvalue weighted by atomic mass is 32.2. The zero-order valence-corrected chi connectivity index (χ0v) is 15.9. The van der Waals surface area contributed by atoms with Gasteiger partial charge in [0.1, 0.15) is 6.54 Å².